The number of rotatable bonds is 5. The molecule has 0 unspecified atom stereocenters. The summed E-state index contributed by atoms with van der Waals surface area (Å²) in [4.78, 5) is 16.2. The molecule has 5 nitrogen and oxygen atoms in total. The number of amides is 1. The summed E-state index contributed by atoms with van der Waals surface area (Å²) in [6.07, 6.45) is 5.34. The van der Waals surface area contributed by atoms with Crippen LogP contribution >= 0.6 is 0 Å². The molecule has 1 saturated heterocycles. The highest BCUT2D eigenvalue weighted by Gasteiger charge is 2.16. The Morgan fingerprint density at radius 1 is 1.47 bits per heavy atom. The van der Waals surface area contributed by atoms with Crippen LogP contribution in [0.1, 0.15) is 30.1 Å². The van der Waals surface area contributed by atoms with E-state index in [2.05, 4.69) is 15.6 Å². The van der Waals surface area contributed by atoms with Crippen LogP contribution in [0, 0.1) is 5.92 Å². The van der Waals surface area contributed by atoms with Crippen LogP contribution in [0.2, 0.25) is 0 Å². The highest BCUT2D eigenvalue weighted by atomic mass is 16.5. The van der Waals surface area contributed by atoms with Crippen molar-refractivity contribution in [2.45, 2.75) is 19.8 Å². The fourth-order valence-electron chi connectivity index (χ4n) is 2.20. The van der Waals surface area contributed by atoms with Gasteiger partial charge in [-0.25, -0.2) is 0 Å². The minimum absolute atomic E-state index is 0.0597. The summed E-state index contributed by atoms with van der Waals surface area (Å²) in [6, 6.07) is 1.83. The summed E-state index contributed by atoms with van der Waals surface area (Å²) in [5, 5.41) is 6.17. The van der Waals surface area contributed by atoms with Crippen molar-refractivity contribution in [1.82, 2.24) is 10.3 Å². The standard InChI is InChI=1S/C14H21N3O2/c1-2-16-13-3-6-15-10-12(13)14(18)17-9-11-4-7-19-8-5-11/h3,6,10-11H,2,4-5,7-9H2,1H3,(H,15,16)(H,17,18). The monoisotopic (exact) mass is 263 g/mol. The predicted octanol–water partition coefficient (Wildman–Crippen LogP) is 1.67. The van der Waals surface area contributed by atoms with Gasteiger partial charge in [0.05, 0.1) is 11.3 Å². The van der Waals surface area contributed by atoms with Crippen LogP contribution in [-0.4, -0.2) is 37.2 Å². The number of hydrogen-bond donors (Lipinski definition) is 2. The topological polar surface area (TPSA) is 63.2 Å². The van der Waals surface area contributed by atoms with E-state index in [1.807, 2.05) is 13.0 Å². The van der Waals surface area contributed by atoms with Crippen LogP contribution in [0.3, 0.4) is 0 Å². The van der Waals surface area contributed by atoms with Crippen molar-refractivity contribution >= 4 is 11.6 Å². The predicted molar refractivity (Wildman–Crippen MR) is 74.3 cm³/mol. The van der Waals surface area contributed by atoms with Crippen molar-refractivity contribution < 1.29 is 9.53 Å². The molecule has 0 radical (unpaired) electrons. The third-order valence-corrected chi connectivity index (χ3v) is 3.33. The lowest BCUT2D eigenvalue weighted by Gasteiger charge is -2.22. The number of nitrogens with zero attached hydrogens (tertiary/aromatic N) is 1. The van der Waals surface area contributed by atoms with Gasteiger partial charge in [0.1, 0.15) is 0 Å². The molecule has 2 heterocycles. The number of anilines is 1. The maximum atomic E-state index is 12.2. The molecular weight excluding hydrogens is 242 g/mol. The van der Waals surface area contributed by atoms with E-state index in [-0.39, 0.29) is 5.91 Å². The lowest BCUT2D eigenvalue weighted by Crippen LogP contribution is -2.32. The van der Waals surface area contributed by atoms with Crippen molar-refractivity contribution in [2.24, 2.45) is 5.92 Å². The van der Waals surface area contributed by atoms with Crippen LogP contribution < -0.4 is 10.6 Å². The van der Waals surface area contributed by atoms with E-state index in [1.165, 1.54) is 0 Å². The number of carbonyl (C=O) groups excluding carboxylic acids is 1. The van der Waals surface area contributed by atoms with Crippen molar-refractivity contribution in [3.05, 3.63) is 24.0 Å². The highest BCUT2D eigenvalue weighted by Crippen LogP contribution is 2.15. The Balaban J connectivity index is 1.91. The van der Waals surface area contributed by atoms with Crippen LogP contribution in [0.4, 0.5) is 5.69 Å². The molecule has 0 aliphatic carbocycles. The van der Waals surface area contributed by atoms with Gasteiger partial charge in [0.25, 0.3) is 5.91 Å². The van der Waals surface area contributed by atoms with Crippen LogP contribution in [0.5, 0.6) is 0 Å². The summed E-state index contributed by atoms with van der Waals surface area (Å²) in [7, 11) is 0. The summed E-state index contributed by atoms with van der Waals surface area (Å²) in [5.74, 6) is 0.465. The minimum Gasteiger partial charge on any atom is -0.385 e. The van der Waals surface area contributed by atoms with Gasteiger partial charge in [-0.2, -0.15) is 0 Å². The third kappa shape index (κ3) is 3.92. The Kier molecular flexibility index (Phi) is 5.15. The maximum Gasteiger partial charge on any atom is 0.254 e. The summed E-state index contributed by atoms with van der Waals surface area (Å²) < 4.78 is 5.31. The first-order chi connectivity index (χ1) is 9.31. The van der Waals surface area contributed by atoms with Gasteiger partial charge in [-0.1, -0.05) is 0 Å². The van der Waals surface area contributed by atoms with E-state index in [1.54, 1.807) is 12.4 Å². The summed E-state index contributed by atoms with van der Waals surface area (Å²) in [5.41, 5.74) is 1.44. The number of pyridine rings is 1. The summed E-state index contributed by atoms with van der Waals surface area (Å²) in [6.45, 7) is 5.10. The SMILES string of the molecule is CCNc1ccncc1C(=O)NCC1CCOCC1. The maximum absolute atomic E-state index is 12.2. The van der Waals surface area contributed by atoms with Crippen molar-refractivity contribution in [1.29, 1.82) is 0 Å². The van der Waals surface area contributed by atoms with Crippen molar-refractivity contribution in [3.63, 3.8) is 0 Å². The number of carbonyl (C=O) groups is 1. The second-order valence-electron chi connectivity index (χ2n) is 4.72. The lowest BCUT2D eigenvalue weighted by atomic mass is 10.0. The van der Waals surface area contributed by atoms with Gasteiger partial charge in [-0.15, -0.1) is 0 Å². The molecule has 0 bridgehead atoms. The van der Waals surface area contributed by atoms with E-state index in [4.69, 9.17) is 4.74 Å². The number of aromatic nitrogens is 1. The van der Waals surface area contributed by atoms with Crippen molar-refractivity contribution in [2.75, 3.05) is 31.6 Å². The average Bonchev–Trinajstić information content (AvgIpc) is 2.47. The average molecular weight is 263 g/mol. The van der Waals surface area contributed by atoms with Crippen molar-refractivity contribution in [3.8, 4) is 0 Å². The van der Waals surface area contributed by atoms with Crippen LogP contribution in [0.15, 0.2) is 18.5 Å². The van der Waals surface area contributed by atoms with E-state index in [0.29, 0.717) is 18.0 Å². The van der Waals surface area contributed by atoms with Gasteiger partial charge in [0.15, 0.2) is 0 Å². The molecule has 1 amide bonds. The first-order valence-corrected chi connectivity index (χ1v) is 6.85. The van der Waals surface area contributed by atoms with Gasteiger partial charge < -0.3 is 15.4 Å². The quantitative estimate of drug-likeness (QED) is 0.848. The molecule has 1 fully saturated rings. The molecule has 104 valence electrons. The fraction of sp³-hybridized carbons (Fsp3) is 0.571. The Morgan fingerprint density at radius 3 is 3.00 bits per heavy atom. The molecule has 5 heteroatoms. The van der Waals surface area contributed by atoms with Gasteiger partial charge >= 0.3 is 0 Å². The molecule has 2 N–H and O–H groups in total. The molecule has 2 rings (SSSR count). The zero-order valence-electron chi connectivity index (χ0n) is 11.3. The van der Waals surface area contributed by atoms with E-state index in [0.717, 1.165) is 38.3 Å². The molecule has 0 spiro atoms. The van der Waals surface area contributed by atoms with E-state index in [9.17, 15) is 4.79 Å². The first kappa shape index (κ1) is 13.8. The largest absolute Gasteiger partial charge is 0.385 e. The molecular formula is C14H21N3O2. The highest BCUT2D eigenvalue weighted by molar-refractivity contribution is 5.99. The lowest BCUT2D eigenvalue weighted by molar-refractivity contribution is 0.0643. The van der Waals surface area contributed by atoms with Gasteiger partial charge in [0, 0.05) is 38.7 Å². The molecule has 0 saturated carbocycles. The Labute approximate surface area is 113 Å². The third-order valence-electron chi connectivity index (χ3n) is 3.33. The molecule has 19 heavy (non-hydrogen) atoms. The smallest absolute Gasteiger partial charge is 0.254 e. The Hall–Kier alpha value is -1.62. The normalized spacial score (nSPS) is 16.1. The van der Waals surface area contributed by atoms with E-state index >= 15 is 0 Å². The van der Waals surface area contributed by atoms with Crippen LogP contribution in [-0.2, 0) is 4.74 Å². The number of hydrogen-bond acceptors (Lipinski definition) is 4. The van der Waals surface area contributed by atoms with E-state index < -0.39 is 0 Å². The molecule has 1 aromatic heterocycles. The molecule has 0 atom stereocenters. The van der Waals surface area contributed by atoms with Gasteiger partial charge in [-0.3, -0.25) is 9.78 Å². The number of ether oxygens (including phenoxy) is 1. The Morgan fingerprint density at radius 2 is 2.26 bits per heavy atom. The minimum atomic E-state index is -0.0597. The fourth-order valence-corrected chi connectivity index (χ4v) is 2.20. The molecule has 1 aromatic rings. The van der Waals surface area contributed by atoms with Gasteiger partial charge in [0.2, 0.25) is 0 Å². The van der Waals surface area contributed by atoms with Crippen LogP contribution in [0.25, 0.3) is 0 Å². The van der Waals surface area contributed by atoms with Gasteiger partial charge in [-0.05, 0) is 31.7 Å². The molecule has 1 aliphatic rings. The zero-order chi connectivity index (χ0) is 13.5. The summed E-state index contributed by atoms with van der Waals surface area (Å²) >= 11 is 0. The Bertz CT molecular complexity index is 417. The molecule has 0 aromatic carbocycles. The number of nitrogens with one attached hydrogen (secondary N) is 2. The zero-order valence-corrected chi connectivity index (χ0v) is 11.3. The second kappa shape index (κ2) is 7.09. The molecule has 1 aliphatic heterocycles. The first-order valence-electron chi connectivity index (χ1n) is 6.85. The second-order valence-corrected chi connectivity index (χ2v) is 4.72.